The summed E-state index contributed by atoms with van der Waals surface area (Å²) in [5.41, 5.74) is 3.85. The second kappa shape index (κ2) is 5.39. The fraction of sp³-hybridized carbons (Fsp3) is 0.0769. The largest absolute Gasteiger partial charge is 0.419 e. The van der Waals surface area contributed by atoms with E-state index in [2.05, 4.69) is 10.3 Å². The summed E-state index contributed by atoms with van der Waals surface area (Å²) in [6.07, 6.45) is -3.53. The van der Waals surface area contributed by atoms with Crippen LogP contribution in [0.25, 0.3) is 0 Å². The number of carbonyl (C=O) groups excluding carboxylic acids is 1. The van der Waals surface area contributed by atoms with Crippen LogP contribution in [0.3, 0.4) is 0 Å². The molecule has 0 aliphatic carbocycles. The Labute approximate surface area is 116 Å². The first kappa shape index (κ1) is 14.8. The Kier molecular flexibility index (Phi) is 3.79. The van der Waals surface area contributed by atoms with Gasteiger partial charge >= 0.3 is 6.18 Å². The number of pyridine rings is 1. The van der Waals surface area contributed by atoms with E-state index >= 15 is 0 Å². The van der Waals surface area contributed by atoms with Crippen molar-refractivity contribution in [3.63, 3.8) is 0 Å². The van der Waals surface area contributed by atoms with Crippen molar-refractivity contribution < 1.29 is 22.4 Å². The van der Waals surface area contributed by atoms with Crippen molar-refractivity contribution in [2.24, 2.45) is 0 Å². The average molecular weight is 299 g/mol. The summed E-state index contributed by atoms with van der Waals surface area (Å²) in [6, 6.07) is 4.96. The Hall–Kier alpha value is -2.64. The van der Waals surface area contributed by atoms with Gasteiger partial charge in [0.2, 0.25) is 0 Å². The number of alkyl halides is 3. The fourth-order valence-corrected chi connectivity index (χ4v) is 1.59. The van der Waals surface area contributed by atoms with Crippen molar-refractivity contribution >= 4 is 17.4 Å². The summed E-state index contributed by atoms with van der Waals surface area (Å²) in [6.45, 7) is 0. The van der Waals surface area contributed by atoms with Gasteiger partial charge in [0.25, 0.3) is 5.91 Å². The van der Waals surface area contributed by atoms with Crippen molar-refractivity contribution in [1.82, 2.24) is 4.98 Å². The van der Waals surface area contributed by atoms with Crippen LogP contribution in [-0.2, 0) is 6.18 Å². The van der Waals surface area contributed by atoms with Gasteiger partial charge in [0.15, 0.2) is 5.82 Å². The predicted octanol–water partition coefficient (Wildman–Crippen LogP) is 3.07. The molecule has 8 heteroatoms. The molecule has 0 aliphatic heterocycles. The number of nitrogens with one attached hydrogen (secondary N) is 1. The summed E-state index contributed by atoms with van der Waals surface area (Å²) in [5, 5.41) is 2.26. The van der Waals surface area contributed by atoms with Crippen molar-refractivity contribution in [3.05, 3.63) is 53.5 Å². The number of aromatic nitrogens is 1. The van der Waals surface area contributed by atoms with Gasteiger partial charge in [0.05, 0.1) is 11.3 Å². The highest BCUT2D eigenvalue weighted by Gasteiger charge is 2.34. The van der Waals surface area contributed by atoms with E-state index in [1.165, 1.54) is 18.3 Å². The highest BCUT2D eigenvalue weighted by molar-refractivity contribution is 6.05. The molecular formula is C13H9F4N3O. The number of carbonyl (C=O) groups is 1. The lowest BCUT2D eigenvalue weighted by Gasteiger charge is -2.10. The van der Waals surface area contributed by atoms with Crippen LogP contribution in [-0.4, -0.2) is 10.9 Å². The first-order valence-corrected chi connectivity index (χ1v) is 5.67. The van der Waals surface area contributed by atoms with Crippen molar-refractivity contribution in [2.45, 2.75) is 6.18 Å². The Balaban J connectivity index is 2.31. The fourth-order valence-electron chi connectivity index (χ4n) is 1.59. The average Bonchev–Trinajstić information content (AvgIpc) is 2.40. The van der Waals surface area contributed by atoms with Crippen LogP contribution in [0, 0.1) is 5.82 Å². The molecule has 1 aromatic heterocycles. The maximum atomic E-state index is 13.1. The van der Waals surface area contributed by atoms with Gasteiger partial charge in [-0.15, -0.1) is 0 Å². The maximum absolute atomic E-state index is 13.1. The van der Waals surface area contributed by atoms with Crippen molar-refractivity contribution in [1.29, 1.82) is 0 Å². The number of anilines is 2. The second-order valence-electron chi connectivity index (χ2n) is 4.09. The molecule has 0 saturated carbocycles. The van der Waals surface area contributed by atoms with Crippen LogP contribution in [0.1, 0.15) is 15.9 Å². The number of halogens is 4. The number of nitrogens with two attached hydrogens (primary N) is 1. The van der Waals surface area contributed by atoms with E-state index < -0.39 is 23.5 Å². The van der Waals surface area contributed by atoms with Crippen LogP contribution in [0.2, 0.25) is 0 Å². The van der Waals surface area contributed by atoms with Gasteiger partial charge in [0, 0.05) is 11.8 Å². The molecule has 1 heterocycles. The molecule has 1 amide bonds. The zero-order chi connectivity index (χ0) is 15.6. The number of nitrogen functional groups attached to an aromatic ring is 1. The molecule has 3 N–H and O–H groups in total. The van der Waals surface area contributed by atoms with Crippen molar-refractivity contribution in [2.75, 3.05) is 11.1 Å². The monoisotopic (exact) mass is 299 g/mol. The lowest BCUT2D eigenvalue weighted by atomic mass is 10.1. The molecule has 2 aromatic rings. The molecule has 21 heavy (non-hydrogen) atoms. The van der Waals surface area contributed by atoms with Crippen LogP contribution in [0.5, 0.6) is 0 Å². The Morgan fingerprint density at radius 1 is 1.24 bits per heavy atom. The highest BCUT2D eigenvalue weighted by Crippen LogP contribution is 2.32. The second-order valence-corrected chi connectivity index (χ2v) is 4.09. The predicted molar refractivity (Wildman–Crippen MR) is 68.0 cm³/mol. The number of hydrogen-bond acceptors (Lipinski definition) is 3. The quantitative estimate of drug-likeness (QED) is 0.837. The summed E-state index contributed by atoms with van der Waals surface area (Å²) in [5.74, 6) is -2.30. The normalized spacial score (nSPS) is 11.2. The molecule has 0 atom stereocenters. The van der Waals surface area contributed by atoms with Gasteiger partial charge in [-0.05, 0) is 30.3 Å². The van der Waals surface area contributed by atoms with Gasteiger partial charge < -0.3 is 11.1 Å². The first-order valence-electron chi connectivity index (χ1n) is 5.67. The molecule has 0 spiro atoms. The molecule has 0 radical (unpaired) electrons. The SMILES string of the molecule is Nc1cccnc1NC(=O)c1ccc(F)c(C(F)(F)F)c1. The molecule has 110 valence electrons. The van der Waals surface area contributed by atoms with Crippen LogP contribution in [0.15, 0.2) is 36.5 Å². The summed E-state index contributed by atoms with van der Waals surface area (Å²) < 4.78 is 50.9. The van der Waals surface area contributed by atoms with E-state index in [-0.39, 0.29) is 17.1 Å². The summed E-state index contributed by atoms with van der Waals surface area (Å²) >= 11 is 0. The molecule has 0 saturated heterocycles. The van der Waals surface area contributed by atoms with E-state index in [1.807, 2.05) is 0 Å². The molecule has 0 bridgehead atoms. The Bertz CT molecular complexity index is 685. The molecule has 4 nitrogen and oxygen atoms in total. The Morgan fingerprint density at radius 3 is 2.57 bits per heavy atom. The lowest BCUT2D eigenvalue weighted by Crippen LogP contribution is -2.16. The minimum atomic E-state index is -4.88. The van der Waals surface area contributed by atoms with E-state index in [0.29, 0.717) is 12.1 Å². The zero-order valence-corrected chi connectivity index (χ0v) is 10.4. The summed E-state index contributed by atoms with van der Waals surface area (Å²) in [4.78, 5) is 15.6. The summed E-state index contributed by atoms with van der Waals surface area (Å²) in [7, 11) is 0. The molecular weight excluding hydrogens is 290 g/mol. The number of benzene rings is 1. The maximum Gasteiger partial charge on any atom is 0.419 e. The zero-order valence-electron chi connectivity index (χ0n) is 10.4. The van der Waals surface area contributed by atoms with Crippen LogP contribution in [0.4, 0.5) is 29.1 Å². The molecule has 0 fully saturated rings. The number of hydrogen-bond donors (Lipinski definition) is 2. The van der Waals surface area contributed by atoms with E-state index in [4.69, 9.17) is 5.73 Å². The number of rotatable bonds is 2. The molecule has 0 unspecified atom stereocenters. The standard InChI is InChI=1S/C13H9F4N3O/c14-9-4-3-7(6-8(9)13(15,16)17)12(21)20-11-10(18)2-1-5-19-11/h1-6H,18H2,(H,19,20,21). The highest BCUT2D eigenvalue weighted by atomic mass is 19.4. The first-order chi connectivity index (χ1) is 9.79. The minimum absolute atomic E-state index is 0.0142. The van der Waals surface area contributed by atoms with E-state index in [1.54, 1.807) is 0 Å². The smallest absolute Gasteiger partial charge is 0.396 e. The van der Waals surface area contributed by atoms with Crippen LogP contribution < -0.4 is 11.1 Å². The third-order valence-electron chi connectivity index (χ3n) is 2.60. The topological polar surface area (TPSA) is 68.0 Å². The third-order valence-corrected chi connectivity index (χ3v) is 2.60. The van der Waals surface area contributed by atoms with E-state index in [0.717, 1.165) is 6.07 Å². The van der Waals surface area contributed by atoms with Gasteiger partial charge in [-0.3, -0.25) is 4.79 Å². The van der Waals surface area contributed by atoms with Gasteiger partial charge in [-0.25, -0.2) is 9.37 Å². The third kappa shape index (κ3) is 3.28. The van der Waals surface area contributed by atoms with Gasteiger partial charge in [-0.1, -0.05) is 0 Å². The number of amides is 1. The van der Waals surface area contributed by atoms with Crippen LogP contribution >= 0.6 is 0 Å². The Morgan fingerprint density at radius 2 is 1.95 bits per heavy atom. The van der Waals surface area contributed by atoms with Gasteiger partial charge in [-0.2, -0.15) is 13.2 Å². The minimum Gasteiger partial charge on any atom is -0.396 e. The lowest BCUT2D eigenvalue weighted by molar-refractivity contribution is -0.140. The number of nitrogens with zero attached hydrogens (tertiary/aromatic N) is 1. The molecule has 2 rings (SSSR count). The molecule has 0 aliphatic rings. The molecule has 1 aromatic carbocycles. The van der Waals surface area contributed by atoms with E-state index in [9.17, 15) is 22.4 Å². The van der Waals surface area contributed by atoms with Gasteiger partial charge in [0.1, 0.15) is 5.82 Å². The van der Waals surface area contributed by atoms with Crippen molar-refractivity contribution in [3.8, 4) is 0 Å².